The zero-order valence-electron chi connectivity index (χ0n) is 15.3. The number of hydrogen-bond acceptors (Lipinski definition) is 5. The van der Waals surface area contributed by atoms with Crippen molar-refractivity contribution in [3.05, 3.63) is 93.3 Å². The van der Waals surface area contributed by atoms with Crippen LogP contribution in [0.15, 0.2) is 82.3 Å². The van der Waals surface area contributed by atoms with Crippen LogP contribution in [0.4, 0.5) is 0 Å². The summed E-state index contributed by atoms with van der Waals surface area (Å²) in [5, 5.41) is 1.86. The highest BCUT2D eigenvalue weighted by Gasteiger charge is 2.21. The van der Waals surface area contributed by atoms with E-state index in [-0.39, 0.29) is 22.8 Å². The van der Waals surface area contributed by atoms with E-state index in [2.05, 4.69) is 9.97 Å². The predicted molar refractivity (Wildman–Crippen MR) is 118 cm³/mol. The molecular formula is C23H12Cl2N2O3. The van der Waals surface area contributed by atoms with Gasteiger partial charge >= 0.3 is 0 Å². The summed E-state index contributed by atoms with van der Waals surface area (Å²) in [7, 11) is 0. The second-order valence-electron chi connectivity index (χ2n) is 6.51. The fourth-order valence-electron chi connectivity index (χ4n) is 3.23. The van der Waals surface area contributed by atoms with Crippen LogP contribution in [0.1, 0.15) is 0 Å². The number of aromatic nitrogens is 2. The molecule has 0 saturated heterocycles. The van der Waals surface area contributed by atoms with Crippen LogP contribution < -0.4 is 10.2 Å². The van der Waals surface area contributed by atoms with Crippen molar-refractivity contribution in [2.24, 2.45) is 0 Å². The van der Waals surface area contributed by atoms with Gasteiger partial charge in [-0.25, -0.2) is 9.97 Å². The summed E-state index contributed by atoms with van der Waals surface area (Å²) in [6, 6.07) is 19.2. The standard InChI is InChI=1S/C23H12Cl2N2O3/c24-13-9-10-14(17(25)11-13)21-22(20(28)16-6-2-4-8-19(16)29-21)30-23-15-5-1-3-7-18(15)26-12-27-23/h1-12H. The first-order chi connectivity index (χ1) is 14.6. The van der Waals surface area contributed by atoms with Gasteiger partial charge in [0.2, 0.25) is 17.1 Å². The van der Waals surface area contributed by atoms with Crippen molar-refractivity contribution in [1.29, 1.82) is 0 Å². The number of rotatable bonds is 3. The molecule has 5 nitrogen and oxygen atoms in total. The molecule has 0 unspecified atom stereocenters. The molecule has 7 heteroatoms. The molecule has 0 aliphatic heterocycles. The topological polar surface area (TPSA) is 65.2 Å². The van der Waals surface area contributed by atoms with Crippen molar-refractivity contribution in [1.82, 2.24) is 9.97 Å². The van der Waals surface area contributed by atoms with Crippen molar-refractivity contribution < 1.29 is 9.15 Å². The minimum absolute atomic E-state index is 0.0122. The second-order valence-corrected chi connectivity index (χ2v) is 7.35. The number of para-hydroxylation sites is 2. The molecule has 0 bridgehead atoms. The van der Waals surface area contributed by atoms with Crippen molar-refractivity contribution in [3.8, 4) is 23.0 Å². The average molecular weight is 435 g/mol. The molecule has 2 heterocycles. The Hall–Kier alpha value is -3.41. The van der Waals surface area contributed by atoms with Gasteiger partial charge in [0.15, 0.2) is 5.76 Å². The van der Waals surface area contributed by atoms with Gasteiger partial charge in [-0.05, 0) is 42.5 Å². The summed E-state index contributed by atoms with van der Waals surface area (Å²) in [5.74, 6) is 0.430. The molecule has 0 atom stereocenters. The zero-order chi connectivity index (χ0) is 20.7. The second kappa shape index (κ2) is 7.44. The number of ether oxygens (including phenoxy) is 1. The van der Waals surface area contributed by atoms with Gasteiger partial charge in [-0.15, -0.1) is 0 Å². The molecular weight excluding hydrogens is 423 g/mol. The predicted octanol–water partition coefficient (Wildman–Crippen LogP) is 6.50. The van der Waals surface area contributed by atoms with Gasteiger partial charge < -0.3 is 9.15 Å². The lowest BCUT2D eigenvalue weighted by atomic mass is 10.1. The average Bonchev–Trinajstić information content (AvgIpc) is 2.76. The van der Waals surface area contributed by atoms with E-state index in [9.17, 15) is 4.79 Å². The van der Waals surface area contributed by atoms with Gasteiger partial charge in [0.1, 0.15) is 11.9 Å². The molecule has 5 aromatic rings. The third kappa shape index (κ3) is 3.18. The van der Waals surface area contributed by atoms with E-state index in [1.54, 1.807) is 42.5 Å². The van der Waals surface area contributed by atoms with Crippen LogP contribution in [0.3, 0.4) is 0 Å². The van der Waals surface area contributed by atoms with Crippen LogP contribution in [0.2, 0.25) is 10.0 Å². The fourth-order valence-corrected chi connectivity index (χ4v) is 3.72. The van der Waals surface area contributed by atoms with Crippen LogP contribution in [0.25, 0.3) is 33.2 Å². The van der Waals surface area contributed by atoms with Gasteiger partial charge in [0, 0.05) is 10.6 Å². The van der Waals surface area contributed by atoms with Gasteiger partial charge in [0.05, 0.1) is 21.3 Å². The van der Waals surface area contributed by atoms with Crippen molar-refractivity contribution in [2.45, 2.75) is 0 Å². The molecule has 0 aliphatic rings. The van der Waals surface area contributed by atoms with Gasteiger partial charge in [-0.1, -0.05) is 47.5 Å². The Kier molecular flexibility index (Phi) is 4.62. The molecule has 3 aromatic carbocycles. The lowest BCUT2D eigenvalue weighted by molar-refractivity contribution is 0.446. The molecule has 5 rings (SSSR count). The first-order valence-electron chi connectivity index (χ1n) is 9.00. The van der Waals surface area contributed by atoms with Gasteiger partial charge in [0.25, 0.3) is 0 Å². The molecule has 2 aromatic heterocycles. The quantitative estimate of drug-likeness (QED) is 0.324. The number of halogens is 2. The van der Waals surface area contributed by atoms with Crippen LogP contribution >= 0.6 is 23.2 Å². The third-order valence-corrected chi connectivity index (χ3v) is 5.18. The van der Waals surface area contributed by atoms with Crippen molar-refractivity contribution in [2.75, 3.05) is 0 Å². The van der Waals surface area contributed by atoms with E-state index in [1.807, 2.05) is 24.3 Å². The molecule has 146 valence electrons. The van der Waals surface area contributed by atoms with E-state index < -0.39 is 0 Å². The number of hydrogen-bond donors (Lipinski definition) is 0. The Balaban J connectivity index is 1.79. The largest absolute Gasteiger partial charge is 0.452 e. The maximum atomic E-state index is 13.3. The molecule has 0 saturated carbocycles. The number of benzene rings is 3. The number of fused-ring (bicyclic) bond motifs is 2. The SMILES string of the molecule is O=c1c(Oc2ncnc3ccccc23)c(-c2ccc(Cl)cc2Cl)oc2ccccc12. The van der Waals surface area contributed by atoms with E-state index >= 15 is 0 Å². The first-order valence-corrected chi connectivity index (χ1v) is 9.76. The minimum Gasteiger partial charge on any atom is -0.452 e. The van der Waals surface area contributed by atoms with E-state index in [0.29, 0.717) is 37.5 Å². The molecule has 0 aliphatic carbocycles. The minimum atomic E-state index is -0.333. The van der Waals surface area contributed by atoms with Crippen LogP contribution in [0.5, 0.6) is 11.6 Å². The molecule has 0 N–H and O–H groups in total. The lowest BCUT2D eigenvalue weighted by Gasteiger charge is -2.13. The maximum Gasteiger partial charge on any atom is 0.235 e. The lowest BCUT2D eigenvalue weighted by Crippen LogP contribution is -2.08. The summed E-state index contributed by atoms with van der Waals surface area (Å²) in [5.41, 5.74) is 1.26. The summed E-state index contributed by atoms with van der Waals surface area (Å²) < 4.78 is 12.1. The summed E-state index contributed by atoms with van der Waals surface area (Å²) in [4.78, 5) is 21.8. The van der Waals surface area contributed by atoms with E-state index in [4.69, 9.17) is 32.4 Å². The van der Waals surface area contributed by atoms with Crippen molar-refractivity contribution in [3.63, 3.8) is 0 Å². The number of nitrogens with zero attached hydrogens (tertiary/aromatic N) is 2. The summed E-state index contributed by atoms with van der Waals surface area (Å²) in [6.07, 6.45) is 1.38. The highest BCUT2D eigenvalue weighted by atomic mass is 35.5. The van der Waals surface area contributed by atoms with Crippen LogP contribution in [0, 0.1) is 0 Å². The summed E-state index contributed by atoms with van der Waals surface area (Å²) >= 11 is 12.5. The molecule has 0 radical (unpaired) electrons. The third-order valence-electron chi connectivity index (χ3n) is 4.64. The Bertz CT molecular complexity index is 1480. The monoisotopic (exact) mass is 434 g/mol. The first kappa shape index (κ1) is 18.6. The van der Waals surface area contributed by atoms with Crippen LogP contribution in [-0.4, -0.2) is 9.97 Å². The Labute approximate surface area is 180 Å². The molecule has 30 heavy (non-hydrogen) atoms. The molecule has 0 fully saturated rings. The van der Waals surface area contributed by atoms with Gasteiger partial charge in [-0.3, -0.25) is 4.79 Å². The van der Waals surface area contributed by atoms with Gasteiger partial charge in [-0.2, -0.15) is 0 Å². The molecule has 0 spiro atoms. The normalized spacial score (nSPS) is 11.1. The fraction of sp³-hybridized carbons (Fsp3) is 0. The Morgan fingerprint density at radius 2 is 1.63 bits per heavy atom. The van der Waals surface area contributed by atoms with Crippen LogP contribution in [-0.2, 0) is 0 Å². The molecule has 0 amide bonds. The maximum absolute atomic E-state index is 13.3. The Morgan fingerprint density at radius 1 is 0.867 bits per heavy atom. The smallest absolute Gasteiger partial charge is 0.235 e. The highest BCUT2D eigenvalue weighted by molar-refractivity contribution is 6.36. The van der Waals surface area contributed by atoms with E-state index in [0.717, 1.165) is 0 Å². The zero-order valence-corrected chi connectivity index (χ0v) is 16.8. The van der Waals surface area contributed by atoms with Crippen molar-refractivity contribution >= 4 is 45.1 Å². The van der Waals surface area contributed by atoms with E-state index in [1.165, 1.54) is 6.33 Å². The highest BCUT2D eigenvalue weighted by Crippen LogP contribution is 2.38. The summed E-state index contributed by atoms with van der Waals surface area (Å²) in [6.45, 7) is 0. The Morgan fingerprint density at radius 3 is 2.47 bits per heavy atom.